The molecule has 50 heavy (non-hydrogen) atoms. The molecule has 0 spiro atoms. The van der Waals surface area contributed by atoms with E-state index in [0.29, 0.717) is 19.3 Å². The fraction of sp³-hybridized carbons (Fsp3) is 0.841. The molecule has 0 saturated carbocycles. The molecule has 0 heterocycles. The lowest BCUT2D eigenvalue weighted by Crippen LogP contribution is -2.30. The average Bonchev–Trinajstić information content (AvgIpc) is 3.11. The summed E-state index contributed by atoms with van der Waals surface area (Å²) in [7, 11) is 0. The smallest absolute Gasteiger partial charge is 0.306 e. The number of esters is 3. The van der Waals surface area contributed by atoms with Crippen LogP contribution in [0.25, 0.3) is 0 Å². The van der Waals surface area contributed by atoms with Crippen LogP contribution in [0, 0.1) is 0 Å². The maximum atomic E-state index is 12.5. The highest BCUT2D eigenvalue weighted by atomic mass is 16.6. The SMILES string of the molecule is CCCCC/C=C\C/C=C\CCCCCCCCCCCC(=O)OCC(COC(=O)CCCCCCC)OC(=O)CCCCCCCCCC. The summed E-state index contributed by atoms with van der Waals surface area (Å²) < 4.78 is 16.5. The van der Waals surface area contributed by atoms with Crippen molar-refractivity contribution in [1.82, 2.24) is 0 Å². The maximum Gasteiger partial charge on any atom is 0.306 e. The summed E-state index contributed by atoms with van der Waals surface area (Å²) in [4.78, 5) is 37.2. The van der Waals surface area contributed by atoms with Crippen LogP contribution in [0.3, 0.4) is 0 Å². The van der Waals surface area contributed by atoms with Crippen molar-refractivity contribution in [3.05, 3.63) is 24.3 Å². The van der Waals surface area contributed by atoms with Crippen LogP contribution in [-0.4, -0.2) is 37.2 Å². The highest BCUT2D eigenvalue weighted by Gasteiger charge is 2.19. The second-order valence-corrected chi connectivity index (χ2v) is 14.3. The molecule has 0 bridgehead atoms. The van der Waals surface area contributed by atoms with Gasteiger partial charge in [0.15, 0.2) is 6.10 Å². The Labute approximate surface area is 309 Å². The number of hydrogen-bond acceptors (Lipinski definition) is 6. The molecule has 1 unspecified atom stereocenters. The lowest BCUT2D eigenvalue weighted by atomic mass is 10.1. The Balaban J connectivity index is 4.12. The van der Waals surface area contributed by atoms with Crippen molar-refractivity contribution < 1.29 is 28.6 Å². The third kappa shape index (κ3) is 37.2. The number of unbranched alkanes of at least 4 members (excludes halogenated alkanes) is 23. The van der Waals surface area contributed by atoms with Gasteiger partial charge in [-0.1, -0.05) is 173 Å². The van der Waals surface area contributed by atoms with Gasteiger partial charge >= 0.3 is 17.9 Å². The number of ether oxygens (including phenoxy) is 3. The van der Waals surface area contributed by atoms with Gasteiger partial charge in [-0.2, -0.15) is 0 Å². The Kier molecular flexibility index (Phi) is 38.0. The standard InChI is InChI=1S/C44H80O6/c1-4-7-10-13-15-17-18-19-20-21-22-23-24-25-26-27-29-31-34-37-43(46)49-40-41(39-48-42(45)36-33-30-12-9-6-3)50-44(47)38-35-32-28-16-14-11-8-5-2/h15,17,19-20,41H,4-14,16,18,21-40H2,1-3H3/b17-15-,20-19-. The van der Waals surface area contributed by atoms with E-state index in [1.807, 2.05) is 0 Å². The largest absolute Gasteiger partial charge is 0.462 e. The molecule has 1 atom stereocenters. The van der Waals surface area contributed by atoms with Gasteiger partial charge in [0.05, 0.1) is 0 Å². The van der Waals surface area contributed by atoms with Crippen molar-refractivity contribution in [2.45, 2.75) is 226 Å². The van der Waals surface area contributed by atoms with Gasteiger partial charge in [-0.25, -0.2) is 0 Å². The topological polar surface area (TPSA) is 78.9 Å². The normalized spacial score (nSPS) is 12.1. The van der Waals surface area contributed by atoms with Crippen LogP contribution in [0.1, 0.15) is 220 Å². The summed E-state index contributed by atoms with van der Waals surface area (Å²) in [6.45, 7) is 6.49. The molecule has 6 heteroatoms. The molecule has 0 aliphatic rings. The van der Waals surface area contributed by atoms with Crippen LogP contribution in [0.4, 0.5) is 0 Å². The van der Waals surface area contributed by atoms with Crippen molar-refractivity contribution in [3.63, 3.8) is 0 Å². The summed E-state index contributed by atoms with van der Waals surface area (Å²) in [6, 6.07) is 0. The van der Waals surface area contributed by atoms with Gasteiger partial charge in [0, 0.05) is 19.3 Å². The molecule has 0 aromatic carbocycles. The zero-order valence-electron chi connectivity index (χ0n) is 33.2. The minimum absolute atomic E-state index is 0.0716. The van der Waals surface area contributed by atoms with E-state index in [2.05, 4.69) is 45.1 Å². The first-order valence-electron chi connectivity index (χ1n) is 21.3. The number of rotatable bonds is 38. The van der Waals surface area contributed by atoms with E-state index in [-0.39, 0.29) is 31.1 Å². The van der Waals surface area contributed by atoms with E-state index >= 15 is 0 Å². The van der Waals surface area contributed by atoms with Gasteiger partial charge < -0.3 is 14.2 Å². The van der Waals surface area contributed by atoms with Crippen LogP contribution in [-0.2, 0) is 28.6 Å². The first-order valence-corrected chi connectivity index (χ1v) is 21.3. The Hall–Kier alpha value is -2.11. The molecular formula is C44H80O6. The maximum absolute atomic E-state index is 12.5. The van der Waals surface area contributed by atoms with Crippen molar-refractivity contribution in [1.29, 1.82) is 0 Å². The van der Waals surface area contributed by atoms with E-state index in [4.69, 9.17) is 14.2 Å². The fourth-order valence-electron chi connectivity index (χ4n) is 5.94. The predicted octanol–water partition coefficient (Wildman–Crippen LogP) is 13.2. The van der Waals surface area contributed by atoms with Gasteiger partial charge in [-0.3, -0.25) is 14.4 Å². The Morgan fingerprint density at radius 3 is 1.14 bits per heavy atom. The van der Waals surface area contributed by atoms with E-state index in [1.165, 1.54) is 109 Å². The van der Waals surface area contributed by atoms with Crippen LogP contribution >= 0.6 is 0 Å². The highest BCUT2D eigenvalue weighted by molar-refractivity contribution is 5.71. The zero-order chi connectivity index (χ0) is 36.6. The molecule has 0 aromatic rings. The zero-order valence-corrected chi connectivity index (χ0v) is 33.2. The van der Waals surface area contributed by atoms with Crippen LogP contribution < -0.4 is 0 Å². The molecule has 292 valence electrons. The number of allylic oxidation sites excluding steroid dienone is 4. The minimum atomic E-state index is -0.761. The number of carbonyl (C=O) groups is 3. The van der Waals surface area contributed by atoms with Crippen molar-refractivity contribution in [2.24, 2.45) is 0 Å². The lowest BCUT2D eigenvalue weighted by molar-refractivity contribution is -0.167. The summed E-state index contributed by atoms with van der Waals surface area (Å²) in [6.07, 6.45) is 42.0. The van der Waals surface area contributed by atoms with Gasteiger partial charge in [0.2, 0.25) is 0 Å². The number of hydrogen-bond donors (Lipinski definition) is 0. The third-order valence-electron chi connectivity index (χ3n) is 9.21. The van der Waals surface area contributed by atoms with Crippen molar-refractivity contribution in [2.75, 3.05) is 13.2 Å². The monoisotopic (exact) mass is 705 g/mol. The summed E-state index contributed by atoms with van der Waals surface area (Å²) >= 11 is 0. The lowest BCUT2D eigenvalue weighted by Gasteiger charge is -2.18. The molecule has 0 radical (unpaired) electrons. The van der Waals surface area contributed by atoms with Crippen molar-refractivity contribution >= 4 is 17.9 Å². The predicted molar refractivity (Wildman–Crippen MR) is 210 cm³/mol. The first kappa shape index (κ1) is 47.9. The van der Waals surface area contributed by atoms with Crippen LogP contribution in [0.5, 0.6) is 0 Å². The fourth-order valence-corrected chi connectivity index (χ4v) is 5.94. The Morgan fingerprint density at radius 1 is 0.400 bits per heavy atom. The molecule has 0 aromatic heterocycles. The average molecular weight is 705 g/mol. The number of carbonyl (C=O) groups excluding carboxylic acids is 3. The van der Waals surface area contributed by atoms with Crippen LogP contribution in [0.15, 0.2) is 24.3 Å². The summed E-state index contributed by atoms with van der Waals surface area (Å²) in [5, 5.41) is 0. The second kappa shape index (κ2) is 39.7. The molecule has 0 fully saturated rings. The minimum Gasteiger partial charge on any atom is -0.462 e. The van der Waals surface area contributed by atoms with E-state index in [0.717, 1.165) is 70.6 Å². The molecule has 6 nitrogen and oxygen atoms in total. The van der Waals surface area contributed by atoms with E-state index in [1.54, 1.807) is 0 Å². The van der Waals surface area contributed by atoms with Gasteiger partial charge in [0.1, 0.15) is 13.2 Å². The summed E-state index contributed by atoms with van der Waals surface area (Å²) in [5.41, 5.74) is 0. The van der Waals surface area contributed by atoms with Gasteiger partial charge in [0.25, 0.3) is 0 Å². The Morgan fingerprint density at radius 2 is 0.720 bits per heavy atom. The third-order valence-corrected chi connectivity index (χ3v) is 9.21. The van der Waals surface area contributed by atoms with E-state index in [9.17, 15) is 14.4 Å². The first-order chi connectivity index (χ1) is 24.5. The quantitative estimate of drug-likeness (QED) is 0.0275. The molecule has 0 amide bonds. The highest BCUT2D eigenvalue weighted by Crippen LogP contribution is 2.14. The van der Waals surface area contributed by atoms with Gasteiger partial charge in [-0.15, -0.1) is 0 Å². The van der Waals surface area contributed by atoms with Crippen LogP contribution in [0.2, 0.25) is 0 Å². The molecule has 0 saturated heterocycles. The molecule has 0 aliphatic carbocycles. The molecular weight excluding hydrogens is 624 g/mol. The molecule has 0 rings (SSSR count). The van der Waals surface area contributed by atoms with Gasteiger partial charge in [-0.05, 0) is 51.4 Å². The van der Waals surface area contributed by atoms with E-state index < -0.39 is 6.10 Å². The Bertz CT molecular complexity index is 819. The molecule has 0 N–H and O–H groups in total. The summed E-state index contributed by atoms with van der Waals surface area (Å²) in [5.74, 6) is -0.893. The van der Waals surface area contributed by atoms with Crippen molar-refractivity contribution in [3.8, 4) is 0 Å². The molecule has 0 aliphatic heterocycles. The second-order valence-electron chi connectivity index (χ2n) is 14.3.